The number of halogens is 1. The SMILES string of the molecule is Nc1cccc(Cl)c1S(=O)(=O)NC1CC1c1ccccc1. The van der Waals surface area contributed by atoms with Crippen LogP contribution in [0.5, 0.6) is 0 Å². The maximum absolute atomic E-state index is 12.4. The molecule has 0 radical (unpaired) electrons. The number of rotatable bonds is 4. The van der Waals surface area contributed by atoms with E-state index in [9.17, 15) is 8.42 Å². The number of anilines is 1. The van der Waals surface area contributed by atoms with Crippen LogP contribution in [-0.4, -0.2) is 14.5 Å². The minimum absolute atomic E-state index is 0.0367. The Hall–Kier alpha value is -1.56. The molecule has 0 amide bonds. The fraction of sp³-hybridized carbons (Fsp3) is 0.200. The van der Waals surface area contributed by atoms with Gasteiger partial charge in [0.05, 0.1) is 10.7 Å². The third kappa shape index (κ3) is 2.90. The summed E-state index contributed by atoms with van der Waals surface area (Å²) in [5, 5.41) is 0.138. The largest absolute Gasteiger partial charge is 0.398 e. The summed E-state index contributed by atoms with van der Waals surface area (Å²) in [6, 6.07) is 14.4. The average Bonchev–Trinajstić information content (AvgIpc) is 3.17. The van der Waals surface area contributed by atoms with E-state index in [-0.39, 0.29) is 27.6 Å². The van der Waals surface area contributed by atoms with Gasteiger partial charge in [-0.1, -0.05) is 48.0 Å². The first-order chi connectivity index (χ1) is 9.99. The van der Waals surface area contributed by atoms with E-state index in [0.29, 0.717) is 0 Å². The third-order valence-electron chi connectivity index (χ3n) is 3.59. The molecule has 2 unspecified atom stereocenters. The molecular formula is C15H15ClN2O2S. The van der Waals surface area contributed by atoms with Crippen molar-refractivity contribution in [3.05, 3.63) is 59.1 Å². The summed E-state index contributed by atoms with van der Waals surface area (Å²) in [7, 11) is -3.71. The highest BCUT2D eigenvalue weighted by Gasteiger charge is 2.41. The van der Waals surface area contributed by atoms with E-state index in [1.165, 1.54) is 12.1 Å². The minimum Gasteiger partial charge on any atom is -0.398 e. The summed E-state index contributed by atoms with van der Waals surface area (Å²) < 4.78 is 27.5. The number of benzene rings is 2. The van der Waals surface area contributed by atoms with Crippen LogP contribution in [0.25, 0.3) is 0 Å². The van der Waals surface area contributed by atoms with Gasteiger partial charge >= 0.3 is 0 Å². The zero-order chi connectivity index (χ0) is 15.0. The maximum atomic E-state index is 12.4. The summed E-state index contributed by atoms with van der Waals surface area (Å²) in [5.41, 5.74) is 7.04. The van der Waals surface area contributed by atoms with Crippen LogP contribution >= 0.6 is 11.6 Å². The summed E-state index contributed by atoms with van der Waals surface area (Å²) in [6.45, 7) is 0. The van der Waals surface area contributed by atoms with Crippen molar-refractivity contribution in [2.45, 2.75) is 23.3 Å². The second-order valence-electron chi connectivity index (χ2n) is 5.14. The third-order valence-corrected chi connectivity index (χ3v) is 5.62. The van der Waals surface area contributed by atoms with Crippen molar-refractivity contribution in [3.63, 3.8) is 0 Å². The van der Waals surface area contributed by atoms with Gasteiger partial charge in [-0.15, -0.1) is 0 Å². The lowest BCUT2D eigenvalue weighted by Crippen LogP contribution is -2.27. The predicted molar refractivity (Wildman–Crippen MR) is 83.8 cm³/mol. The Balaban J connectivity index is 1.80. The molecule has 2 atom stereocenters. The normalized spacial score (nSPS) is 21.2. The van der Waals surface area contributed by atoms with Crippen LogP contribution in [-0.2, 0) is 10.0 Å². The van der Waals surface area contributed by atoms with Crippen molar-refractivity contribution in [1.82, 2.24) is 4.72 Å². The van der Waals surface area contributed by atoms with Gasteiger partial charge in [0.15, 0.2) is 0 Å². The Kier molecular flexibility index (Phi) is 3.65. The standard InChI is InChI=1S/C15H15ClN2O2S/c16-12-7-4-8-13(17)15(12)21(19,20)18-14-9-11(14)10-5-2-1-3-6-10/h1-8,11,14,18H,9,17H2. The average molecular weight is 323 g/mol. The number of hydrogen-bond donors (Lipinski definition) is 2. The van der Waals surface area contributed by atoms with E-state index >= 15 is 0 Å². The van der Waals surface area contributed by atoms with Gasteiger partial charge in [-0.05, 0) is 24.1 Å². The number of hydrogen-bond acceptors (Lipinski definition) is 3. The second kappa shape index (κ2) is 5.33. The first-order valence-corrected chi connectivity index (χ1v) is 8.46. The highest BCUT2D eigenvalue weighted by molar-refractivity contribution is 7.89. The van der Waals surface area contributed by atoms with E-state index in [1.807, 2.05) is 30.3 Å². The van der Waals surface area contributed by atoms with Gasteiger partial charge in [-0.25, -0.2) is 13.1 Å². The van der Waals surface area contributed by atoms with Crippen molar-refractivity contribution >= 4 is 27.3 Å². The van der Waals surface area contributed by atoms with Gasteiger partial charge in [-0.2, -0.15) is 0 Å². The van der Waals surface area contributed by atoms with Gasteiger partial charge in [0.1, 0.15) is 4.90 Å². The van der Waals surface area contributed by atoms with Gasteiger partial charge in [0.2, 0.25) is 10.0 Å². The van der Waals surface area contributed by atoms with Crippen LogP contribution < -0.4 is 10.5 Å². The van der Waals surface area contributed by atoms with Gasteiger partial charge in [0.25, 0.3) is 0 Å². The molecule has 4 nitrogen and oxygen atoms in total. The molecule has 1 aliphatic rings. The molecule has 21 heavy (non-hydrogen) atoms. The molecule has 0 bridgehead atoms. The molecule has 6 heteroatoms. The van der Waals surface area contributed by atoms with E-state index in [4.69, 9.17) is 17.3 Å². The number of sulfonamides is 1. The lowest BCUT2D eigenvalue weighted by Gasteiger charge is -2.10. The van der Waals surface area contributed by atoms with Crippen LogP contribution in [0.15, 0.2) is 53.4 Å². The van der Waals surface area contributed by atoms with Crippen molar-refractivity contribution in [1.29, 1.82) is 0 Å². The minimum atomic E-state index is -3.71. The predicted octanol–water partition coefficient (Wildman–Crippen LogP) is 2.76. The summed E-state index contributed by atoms with van der Waals surface area (Å²) in [4.78, 5) is -0.0367. The molecule has 110 valence electrons. The van der Waals surface area contributed by atoms with Crippen LogP contribution in [0.3, 0.4) is 0 Å². The molecule has 1 fully saturated rings. The van der Waals surface area contributed by atoms with Crippen LogP contribution in [0, 0.1) is 0 Å². The molecule has 0 saturated heterocycles. The molecule has 1 saturated carbocycles. The lowest BCUT2D eigenvalue weighted by atomic mass is 10.1. The highest BCUT2D eigenvalue weighted by atomic mass is 35.5. The van der Waals surface area contributed by atoms with Crippen molar-refractivity contribution in [2.75, 3.05) is 5.73 Å². The smallest absolute Gasteiger partial charge is 0.244 e. The Morgan fingerprint density at radius 3 is 2.48 bits per heavy atom. The Morgan fingerprint density at radius 2 is 1.81 bits per heavy atom. The molecule has 2 aromatic carbocycles. The quantitative estimate of drug-likeness (QED) is 0.850. The maximum Gasteiger partial charge on any atom is 0.244 e. The zero-order valence-electron chi connectivity index (χ0n) is 11.2. The highest BCUT2D eigenvalue weighted by Crippen LogP contribution is 2.42. The Morgan fingerprint density at radius 1 is 1.10 bits per heavy atom. The van der Waals surface area contributed by atoms with Crippen LogP contribution in [0.1, 0.15) is 17.9 Å². The van der Waals surface area contributed by atoms with Gasteiger partial charge in [0, 0.05) is 12.0 Å². The summed E-state index contributed by atoms with van der Waals surface area (Å²) in [5.74, 6) is 0.213. The number of nitrogen functional groups attached to an aromatic ring is 1. The van der Waals surface area contributed by atoms with E-state index in [1.54, 1.807) is 6.07 Å². The van der Waals surface area contributed by atoms with E-state index in [0.717, 1.165) is 12.0 Å². The lowest BCUT2D eigenvalue weighted by molar-refractivity contribution is 0.580. The molecule has 3 rings (SSSR count). The Bertz CT molecular complexity index is 742. The molecular weight excluding hydrogens is 308 g/mol. The van der Waals surface area contributed by atoms with Crippen LogP contribution in [0.2, 0.25) is 5.02 Å². The molecule has 0 aliphatic heterocycles. The zero-order valence-corrected chi connectivity index (χ0v) is 12.7. The number of nitrogens with one attached hydrogen (secondary N) is 1. The van der Waals surface area contributed by atoms with E-state index in [2.05, 4.69) is 4.72 Å². The molecule has 0 aromatic heterocycles. The molecule has 0 spiro atoms. The van der Waals surface area contributed by atoms with Crippen molar-refractivity contribution in [3.8, 4) is 0 Å². The fourth-order valence-corrected chi connectivity index (χ4v) is 4.43. The fourth-order valence-electron chi connectivity index (χ4n) is 2.46. The number of nitrogens with two attached hydrogens (primary N) is 1. The molecule has 0 heterocycles. The topological polar surface area (TPSA) is 72.2 Å². The van der Waals surface area contributed by atoms with Crippen molar-refractivity contribution < 1.29 is 8.42 Å². The van der Waals surface area contributed by atoms with Gasteiger partial charge in [-0.3, -0.25) is 0 Å². The second-order valence-corrected chi connectivity index (χ2v) is 7.20. The molecule has 3 N–H and O–H groups in total. The summed E-state index contributed by atoms with van der Waals surface area (Å²) >= 11 is 5.97. The monoisotopic (exact) mass is 322 g/mol. The van der Waals surface area contributed by atoms with Crippen molar-refractivity contribution in [2.24, 2.45) is 0 Å². The van der Waals surface area contributed by atoms with Gasteiger partial charge < -0.3 is 5.73 Å². The van der Waals surface area contributed by atoms with Crippen LogP contribution in [0.4, 0.5) is 5.69 Å². The summed E-state index contributed by atoms with van der Waals surface area (Å²) in [6.07, 6.45) is 0.785. The Labute approximate surface area is 129 Å². The first kappa shape index (κ1) is 14.4. The molecule has 1 aliphatic carbocycles. The first-order valence-electron chi connectivity index (χ1n) is 6.60. The molecule has 2 aromatic rings. The van der Waals surface area contributed by atoms with E-state index < -0.39 is 10.0 Å².